The summed E-state index contributed by atoms with van der Waals surface area (Å²) < 4.78 is 6.82. The van der Waals surface area contributed by atoms with Crippen LogP contribution in [0.4, 0.5) is 5.69 Å². The first-order valence-electron chi connectivity index (χ1n) is 12.6. The van der Waals surface area contributed by atoms with Gasteiger partial charge in [0.2, 0.25) is 5.91 Å². The fraction of sp³-hybridized carbons (Fsp3) is 0.133. The van der Waals surface area contributed by atoms with Gasteiger partial charge in [-0.2, -0.15) is 0 Å². The molecule has 1 unspecified atom stereocenters. The van der Waals surface area contributed by atoms with Gasteiger partial charge in [0.05, 0.1) is 42.4 Å². The molecule has 4 rings (SSSR count). The van der Waals surface area contributed by atoms with E-state index in [1.165, 1.54) is 66.4 Å². The van der Waals surface area contributed by atoms with Crippen molar-refractivity contribution in [2.24, 2.45) is 0 Å². The highest BCUT2D eigenvalue weighted by Gasteiger charge is 2.28. The molecule has 0 aliphatic heterocycles. The second kappa shape index (κ2) is 12.6. The van der Waals surface area contributed by atoms with E-state index in [-0.39, 0.29) is 39.4 Å². The lowest BCUT2D eigenvalue weighted by Crippen LogP contribution is -2.34. The van der Waals surface area contributed by atoms with E-state index in [9.17, 15) is 19.2 Å². The summed E-state index contributed by atoms with van der Waals surface area (Å²) in [4.78, 5) is 51.4. The first-order valence-corrected chi connectivity index (χ1v) is 13.0. The van der Waals surface area contributed by atoms with Crippen molar-refractivity contribution in [3.63, 3.8) is 0 Å². The van der Waals surface area contributed by atoms with Crippen LogP contribution < -0.4 is 15.6 Å². The summed E-state index contributed by atoms with van der Waals surface area (Å²) in [5.74, 6) is -2.28. The third-order valence-electron chi connectivity index (χ3n) is 6.48. The van der Waals surface area contributed by atoms with Crippen molar-refractivity contribution in [3.05, 3.63) is 117 Å². The van der Waals surface area contributed by atoms with E-state index in [2.05, 4.69) is 5.32 Å². The molecular formula is C30H22B3ClN2O6. The van der Waals surface area contributed by atoms with Gasteiger partial charge in [-0.1, -0.05) is 47.0 Å². The van der Waals surface area contributed by atoms with Crippen LogP contribution in [-0.2, 0) is 11.2 Å². The molecule has 0 fully saturated rings. The number of nitrogens with zero attached hydrogens (tertiary/aromatic N) is 1. The number of carbonyl (C=O) groups is 3. The number of hydrogen-bond donors (Lipinski definition) is 2. The van der Waals surface area contributed by atoms with Crippen molar-refractivity contribution in [1.29, 1.82) is 0 Å². The van der Waals surface area contributed by atoms with Gasteiger partial charge in [-0.25, -0.2) is 4.79 Å². The zero-order valence-electron chi connectivity index (χ0n) is 22.4. The molecule has 0 saturated heterocycles. The second-order valence-corrected chi connectivity index (χ2v) is 9.97. The quantitative estimate of drug-likeness (QED) is 0.218. The van der Waals surface area contributed by atoms with Crippen LogP contribution in [0.15, 0.2) is 89.9 Å². The number of anilines is 1. The maximum atomic E-state index is 13.6. The van der Waals surface area contributed by atoms with Crippen LogP contribution in [0.2, 0.25) is 10.1 Å². The Morgan fingerprint density at radius 3 is 2.24 bits per heavy atom. The number of hydrogen-bond acceptors (Lipinski definition) is 5. The fourth-order valence-electron chi connectivity index (χ4n) is 4.39. The highest BCUT2D eigenvalue weighted by molar-refractivity contribution is 6.70. The summed E-state index contributed by atoms with van der Waals surface area (Å²) >= 11 is 6.22. The number of carbonyl (C=O) groups excluding carboxylic acids is 2. The molecule has 3 aromatic carbocycles. The number of Topliss-reactive ketones (excluding diaryl/α,β-unsaturated/α-hetero) is 1. The number of benzene rings is 3. The minimum atomic E-state index is -2.19. The van der Waals surface area contributed by atoms with Gasteiger partial charge in [0.15, 0.2) is 0 Å². The predicted molar refractivity (Wildman–Crippen MR) is 163 cm³/mol. The van der Waals surface area contributed by atoms with Crippen LogP contribution in [0.3, 0.4) is 0 Å². The average Bonchev–Trinajstić information content (AvgIpc) is 2.96. The molecule has 1 aromatic heterocycles. The minimum absolute atomic E-state index is 0.0192. The number of aromatic nitrogens is 1. The third-order valence-corrected chi connectivity index (χ3v) is 6.72. The van der Waals surface area contributed by atoms with E-state index < -0.39 is 34.4 Å². The molecule has 1 heterocycles. The Morgan fingerprint density at radius 2 is 1.64 bits per heavy atom. The van der Waals surface area contributed by atoms with E-state index >= 15 is 0 Å². The number of ether oxygens (including phenoxy) is 1. The maximum Gasteiger partial charge on any atom is 0.335 e. The molecule has 0 aliphatic rings. The molecule has 1 atom stereocenters. The van der Waals surface area contributed by atoms with E-state index in [1.54, 1.807) is 0 Å². The lowest BCUT2D eigenvalue weighted by Gasteiger charge is -2.23. The Labute approximate surface area is 250 Å². The Kier molecular flexibility index (Phi) is 9.12. The van der Waals surface area contributed by atoms with Crippen molar-refractivity contribution < 1.29 is 24.2 Å². The van der Waals surface area contributed by atoms with Crippen LogP contribution in [0.25, 0.3) is 11.1 Å². The Bertz CT molecular complexity index is 1700. The second-order valence-electron chi connectivity index (χ2n) is 9.53. The Morgan fingerprint density at radius 1 is 0.976 bits per heavy atom. The fourth-order valence-corrected chi connectivity index (χ4v) is 4.56. The minimum Gasteiger partial charge on any atom is -0.495 e. The van der Waals surface area contributed by atoms with Gasteiger partial charge in [0, 0.05) is 34.3 Å². The number of amides is 1. The maximum absolute atomic E-state index is 13.6. The number of carboxylic acids is 1. The van der Waals surface area contributed by atoms with Gasteiger partial charge in [0.25, 0.3) is 5.56 Å². The van der Waals surface area contributed by atoms with E-state index in [1.807, 2.05) is 30.3 Å². The third kappa shape index (κ3) is 6.86. The van der Waals surface area contributed by atoms with Crippen molar-refractivity contribution >= 4 is 58.5 Å². The van der Waals surface area contributed by atoms with Crippen molar-refractivity contribution in [3.8, 4) is 16.9 Å². The average molecular weight is 574 g/mol. The molecule has 0 aliphatic carbocycles. The normalized spacial score (nSPS) is 11.9. The van der Waals surface area contributed by atoms with Crippen LogP contribution in [0, 0.1) is 0 Å². The topological polar surface area (TPSA) is 115 Å². The molecule has 1 amide bonds. The number of halogens is 1. The molecule has 0 bridgehead atoms. The molecule has 6 radical (unpaired) electrons. The van der Waals surface area contributed by atoms with E-state index in [4.69, 9.17) is 45.0 Å². The molecule has 8 nitrogen and oxygen atoms in total. The summed E-state index contributed by atoms with van der Waals surface area (Å²) in [5, 5.41) is 9.99. The first kappa shape index (κ1) is 30.5. The van der Waals surface area contributed by atoms with Gasteiger partial charge in [-0.15, -0.1) is 0 Å². The van der Waals surface area contributed by atoms with Crippen molar-refractivity contribution in [1.82, 2.24) is 4.57 Å². The van der Waals surface area contributed by atoms with Gasteiger partial charge >= 0.3 is 5.97 Å². The van der Waals surface area contributed by atoms with Crippen LogP contribution >= 0.6 is 11.6 Å². The molecule has 12 heteroatoms. The molecule has 2 N–H and O–H groups in total. The Hall–Kier alpha value is -4.50. The summed E-state index contributed by atoms with van der Waals surface area (Å²) in [6.45, 7) is 0. The highest BCUT2D eigenvalue weighted by atomic mass is 35.5. The van der Waals surface area contributed by atoms with Crippen LogP contribution in [0.1, 0.15) is 32.3 Å². The van der Waals surface area contributed by atoms with Gasteiger partial charge < -0.3 is 15.2 Å². The molecule has 42 heavy (non-hydrogen) atoms. The SMILES string of the molecule is [B]C([B])([B])C(=O)c1ccc(Cl)cc1-c1cc(=O)n(C(Cc2ccccc2)C(=O)Nc2ccc(C(=O)O)cc2)cc1OC. The summed E-state index contributed by atoms with van der Waals surface area (Å²) in [6, 6.07) is 19.2. The molecule has 0 spiro atoms. The van der Waals surface area contributed by atoms with Crippen molar-refractivity contribution in [2.45, 2.75) is 17.6 Å². The molecule has 0 saturated carbocycles. The first-order chi connectivity index (χ1) is 19.9. The number of methoxy groups -OCH3 is 1. The Balaban J connectivity index is 1.81. The smallest absolute Gasteiger partial charge is 0.335 e. The van der Waals surface area contributed by atoms with Crippen LogP contribution in [-0.4, -0.2) is 58.0 Å². The number of carboxylic acid groups (broad SMARTS) is 1. The number of aromatic carboxylic acids is 1. The summed E-state index contributed by atoms with van der Waals surface area (Å²) in [5.41, 5.74) is 1.03. The summed E-state index contributed by atoms with van der Waals surface area (Å²) in [7, 11) is 18.3. The summed E-state index contributed by atoms with van der Waals surface area (Å²) in [6.07, 6.45) is 1.51. The highest BCUT2D eigenvalue weighted by Crippen LogP contribution is 2.36. The van der Waals surface area contributed by atoms with Crippen LogP contribution in [0.5, 0.6) is 5.75 Å². The van der Waals surface area contributed by atoms with E-state index in [0.717, 1.165) is 5.56 Å². The number of rotatable bonds is 10. The van der Waals surface area contributed by atoms with Gasteiger partial charge in [0.1, 0.15) is 17.6 Å². The van der Waals surface area contributed by atoms with Gasteiger partial charge in [-0.3, -0.25) is 19.0 Å². The molecule has 4 aromatic rings. The monoisotopic (exact) mass is 574 g/mol. The van der Waals surface area contributed by atoms with Gasteiger partial charge in [-0.05, 0) is 53.6 Å². The number of pyridine rings is 1. The largest absolute Gasteiger partial charge is 0.495 e. The lowest BCUT2D eigenvalue weighted by atomic mass is 9.40. The zero-order chi connectivity index (χ0) is 30.6. The molecule has 204 valence electrons. The molecular weight excluding hydrogens is 552 g/mol. The predicted octanol–water partition coefficient (Wildman–Crippen LogP) is 4.06. The zero-order valence-corrected chi connectivity index (χ0v) is 23.2. The standard InChI is InChI=1S/C30H22B3ClN2O6/c1-42-25-16-36(26(37)15-23(25)22-14-19(34)9-12-21(22)27(38)30(31,32)33)24(13-17-5-3-2-4-6-17)28(39)35-20-10-7-18(8-11-20)29(40)41/h2-12,14-16,24H,13H2,1H3,(H,35,39)(H,40,41). The van der Waals surface area contributed by atoms with Crippen molar-refractivity contribution in [2.75, 3.05) is 12.4 Å². The lowest BCUT2D eigenvalue weighted by molar-refractivity contribution is -0.119. The number of ketones is 1. The number of nitrogens with one attached hydrogen (secondary N) is 1. The van der Waals surface area contributed by atoms with E-state index in [0.29, 0.717) is 5.69 Å².